The van der Waals surface area contributed by atoms with Gasteiger partial charge in [0.15, 0.2) is 11.1 Å². The summed E-state index contributed by atoms with van der Waals surface area (Å²) < 4.78 is 5.81. The molecule has 1 N–H and O–H groups in total. The molecule has 0 saturated carbocycles. The zero-order chi connectivity index (χ0) is 17.8. The van der Waals surface area contributed by atoms with Crippen LogP contribution in [-0.4, -0.2) is 24.2 Å². The fraction of sp³-hybridized carbons (Fsp3) is 0.222. The van der Waals surface area contributed by atoms with E-state index >= 15 is 0 Å². The molecule has 0 unspecified atom stereocenters. The second-order valence-electron chi connectivity index (χ2n) is 5.31. The van der Waals surface area contributed by atoms with Crippen molar-refractivity contribution in [1.29, 1.82) is 0 Å². The molecule has 1 saturated heterocycles. The molecule has 1 fully saturated rings. The van der Waals surface area contributed by atoms with Crippen molar-refractivity contribution in [2.24, 2.45) is 4.99 Å². The molecule has 0 atom stereocenters. The van der Waals surface area contributed by atoms with E-state index in [1.165, 1.54) is 11.8 Å². The number of hydrogen-bond donors (Lipinski definition) is 1. The molecule has 2 heterocycles. The highest BCUT2D eigenvalue weighted by Crippen LogP contribution is 2.29. The summed E-state index contributed by atoms with van der Waals surface area (Å²) in [5, 5.41) is 3.94. The number of amidine groups is 1. The minimum atomic E-state index is -0.182. The molecule has 0 radical (unpaired) electrons. The lowest BCUT2D eigenvalue weighted by Gasteiger charge is -2.16. The molecule has 5 nitrogen and oxygen atoms in total. The Balaban J connectivity index is 1.76. The Kier molecular flexibility index (Phi) is 5.50. The van der Waals surface area contributed by atoms with Crippen LogP contribution >= 0.6 is 23.4 Å². The molecule has 3 rings (SSSR count). The average Bonchev–Trinajstić information content (AvgIpc) is 3.19. The molecule has 130 valence electrons. The number of nitrogens with one attached hydrogen (secondary N) is 1. The maximum absolute atomic E-state index is 12.1. The van der Waals surface area contributed by atoms with Crippen molar-refractivity contribution in [2.75, 3.05) is 18.0 Å². The lowest BCUT2D eigenvalue weighted by molar-refractivity contribution is -0.115. The van der Waals surface area contributed by atoms with Crippen molar-refractivity contribution in [3.05, 3.63) is 52.1 Å². The number of hydrogen-bond acceptors (Lipinski definition) is 5. The van der Waals surface area contributed by atoms with Gasteiger partial charge in [0.2, 0.25) is 0 Å². The van der Waals surface area contributed by atoms with Crippen LogP contribution in [0.25, 0.3) is 6.08 Å². The Morgan fingerprint density at radius 1 is 1.20 bits per heavy atom. The molecule has 1 aliphatic heterocycles. The first-order valence-electron chi connectivity index (χ1n) is 7.99. The first kappa shape index (κ1) is 17.6. The number of amides is 1. The molecular formula is C18H18ClN3O2S. The summed E-state index contributed by atoms with van der Waals surface area (Å²) >= 11 is 7.15. The summed E-state index contributed by atoms with van der Waals surface area (Å²) in [7, 11) is 0. The van der Waals surface area contributed by atoms with Crippen LogP contribution in [0.5, 0.6) is 0 Å². The van der Waals surface area contributed by atoms with E-state index in [4.69, 9.17) is 16.0 Å². The third-order valence-corrected chi connectivity index (χ3v) is 4.83. The first-order chi connectivity index (χ1) is 12.1. The van der Waals surface area contributed by atoms with E-state index < -0.39 is 0 Å². The van der Waals surface area contributed by atoms with E-state index in [1.807, 2.05) is 12.1 Å². The summed E-state index contributed by atoms with van der Waals surface area (Å²) in [6.45, 7) is 5.88. The third-order valence-electron chi connectivity index (χ3n) is 3.67. The highest BCUT2D eigenvalue weighted by atomic mass is 35.5. The maximum atomic E-state index is 12.1. The predicted molar refractivity (Wildman–Crippen MR) is 105 cm³/mol. The SMILES string of the molecule is CCN(CC)c1ccc(C=C2SC(=Nc3ccc(Cl)cc3)NC2=O)o1. The molecule has 1 aliphatic rings. The van der Waals surface area contributed by atoms with Crippen LogP contribution < -0.4 is 10.2 Å². The van der Waals surface area contributed by atoms with Crippen molar-refractivity contribution >= 4 is 52.1 Å². The lowest BCUT2D eigenvalue weighted by atomic mass is 10.3. The smallest absolute Gasteiger partial charge is 0.264 e. The second kappa shape index (κ2) is 7.80. The fourth-order valence-electron chi connectivity index (χ4n) is 2.37. The minimum absolute atomic E-state index is 0.182. The summed E-state index contributed by atoms with van der Waals surface area (Å²) in [4.78, 5) is 19.2. The first-order valence-corrected chi connectivity index (χ1v) is 9.18. The minimum Gasteiger partial charge on any atom is -0.441 e. The van der Waals surface area contributed by atoms with Gasteiger partial charge in [-0.2, -0.15) is 0 Å². The summed E-state index contributed by atoms with van der Waals surface area (Å²) in [5.74, 6) is 1.26. The monoisotopic (exact) mass is 375 g/mol. The van der Waals surface area contributed by atoms with Crippen molar-refractivity contribution in [3.8, 4) is 0 Å². The van der Waals surface area contributed by atoms with Gasteiger partial charge < -0.3 is 14.6 Å². The Bertz CT molecular complexity index is 823. The molecular weight excluding hydrogens is 358 g/mol. The number of furan rings is 1. The van der Waals surface area contributed by atoms with E-state index in [1.54, 1.807) is 30.3 Å². The summed E-state index contributed by atoms with van der Waals surface area (Å²) in [5.41, 5.74) is 0.732. The van der Waals surface area contributed by atoms with Gasteiger partial charge in [-0.05, 0) is 55.9 Å². The van der Waals surface area contributed by atoms with Crippen molar-refractivity contribution in [2.45, 2.75) is 13.8 Å². The molecule has 7 heteroatoms. The topological polar surface area (TPSA) is 57.8 Å². The standard InChI is InChI=1S/C18H18ClN3O2S/c1-3-22(4-2)16-10-9-14(24-16)11-15-17(23)21-18(25-15)20-13-7-5-12(19)6-8-13/h5-11H,3-4H2,1-2H3,(H,20,21,23). The van der Waals surface area contributed by atoms with Gasteiger partial charge in [-0.25, -0.2) is 4.99 Å². The molecule has 0 spiro atoms. The quantitative estimate of drug-likeness (QED) is 0.771. The van der Waals surface area contributed by atoms with Crippen LogP contribution in [0.15, 0.2) is 50.7 Å². The molecule has 25 heavy (non-hydrogen) atoms. The Labute approximate surface area is 155 Å². The number of anilines is 1. The predicted octanol–water partition coefficient (Wildman–Crippen LogP) is 4.67. The van der Waals surface area contributed by atoms with E-state index in [0.717, 1.165) is 24.7 Å². The van der Waals surface area contributed by atoms with Crippen molar-refractivity contribution in [1.82, 2.24) is 5.32 Å². The van der Waals surface area contributed by atoms with E-state index in [9.17, 15) is 4.79 Å². The van der Waals surface area contributed by atoms with Gasteiger partial charge in [-0.1, -0.05) is 11.6 Å². The van der Waals surface area contributed by atoms with Gasteiger partial charge >= 0.3 is 0 Å². The van der Waals surface area contributed by atoms with Gasteiger partial charge in [0.1, 0.15) is 5.76 Å². The summed E-state index contributed by atoms with van der Waals surface area (Å²) in [6.07, 6.45) is 1.73. The Hall–Kier alpha value is -2.18. The largest absolute Gasteiger partial charge is 0.441 e. The zero-order valence-electron chi connectivity index (χ0n) is 14.0. The Morgan fingerprint density at radius 2 is 1.92 bits per heavy atom. The van der Waals surface area contributed by atoms with Gasteiger partial charge in [0.05, 0.1) is 10.6 Å². The maximum Gasteiger partial charge on any atom is 0.264 e. The summed E-state index contributed by atoms with van der Waals surface area (Å²) in [6, 6.07) is 10.9. The molecule has 0 bridgehead atoms. The van der Waals surface area contributed by atoms with Crippen LogP contribution in [0.2, 0.25) is 5.02 Å². The van der Waals surface area contributed by atoms with Gasteiger partial charge in [0, 0.05) is 30.3 Å². The van der Waals surface area contributed by atoms with Gasteiger partial charge in [-0.3, -0.25) is 4.79 Å². The van der Waals surface area contributed by atoms with E-state index in [2.05, 4.69) is 29.1 Å². The molecule has 1 aromatic heterocycles. The van der Waals surface area contributed by atoms with Crippen molar-refractivity contribution < 1.29 is 9.21 Å². The zero-order valence-corrected chi connectivity index (χ0v) is 15.5. The molecule has 2 aromatic rings. The lowest BCUT2D eigenvalue weighted by Crippen LogP contribution is -2.20. The number of aliphatic imine (C=N–C) groups is 1. The van der Waals surface area contributed by atoms with Gasteiger partial charge in [0.25, 0.3) is 5.91 Å². The molecule has 1 aromatic carbocycles. The van der Waals surface area contributed by atoms with Crippen LogP contribution in [-0.2, 0) is 4.79 Å². The number of benzene rings is 1. The number of carbonyl (C=O) groups excluding carboxylic acids is 1. The van der Waals surface area contributed by atoms with Crippen LogP contribution in [0, 0.1) is 0 Å². The number of nitrogens with zero attached hydrogens (tertiary/aromatic N) is 2. The number of halogens is 1. The van der Waals surface area contributed by atoms with Crippen LogP contribution in [0.1, 0.15) is 19.6 Å². The van der Waals surface area contributed by atoms with Gasteiger partial charge in [-0.15, -0.1) is 0 Å². The Morgan fingerprint density at radius 3 is 2.60 bits per heavy atom. The van der Waals surface area contributed by atoms with Crippen LogP contribution in [0.3, 0.4) is 0 Å². The second-order valence-corrected chi connectivity index (χ2v) is 6.77. The highest BCUT2D eigenvalue weighted by Gasteiger charge is 2.24. The highest BCUT2D eigenvalue weighted by molar-refractivity contribution is 8.18. The molecule has 1 amide bonds. The average molecular weight is 376 g/mol. The van der Waals surface area contributed by atoms with E-state index in [0.29, 0.717) is 20.9 Å². The number of carbonyl (C=O) groups is 1. The van der Waals surface area contributed by atoms with Crippen molar-refractivity contribution in [3.63, 3.8) is 0 Å². The fourth-order valence-corrected chi connectivity index (χ4v) is 3.32. The number of thioether (sulfide) groups is 1. The van der Waals surface area contributed by atoms with E-state index in [-0.39, 0.29) is 5.91 Å². The third kappa shape index (κ3) is 4.27. The van der Waals surface area contributed by atoms with Crippen LogP contribution in [0.4, 0.5) is 11.6 Å². The number of rotatable bonds is 5. The normalized spacial score (nSPS) is 17.3. The molecule has 0 aliphatic carbocycles.